The third-order valence-electron chi connectivity index (χ3n) is 6.14. The van der Waals surface area contributed by atoms with Gasteiger partial charge in [0.05, 0.1) is 5.52 Å². The van der Waals surface area contributed by atoms with Crippen LogP contribution in [-0.2, 0) is 0 Å². The van der Waals surface area contributed by atoms with Gasteiger partial charge >= 0.3 is 0 Å². The minimum atomic E-state index is -0.327. The Labute approximate surface area is 163 Å². The SMILES string of the molecule is Cc1ccc(F)c2cc(C(=O)Nc3cccc(N4CC5CC4CN5C)c3)[nH]c12. The highest BCUT2D eigenvalue weighted by molar-refractivity contribution is 6.06. The van der Waals surface area contributed by atoms with Gasteiger partial charge in [-0.05, 0) is 56.3 Å². The molecule has 1 aromatic heterocycles. The van der Waals surface area contributed by atoms with E-state index < -0.39 is 0 Å². The first kappa shape index (κ1) is 17.3. The van der Waals surface area contributed by atoms with Crippen LogP contribution >= 0.6 is 0 Å². The molecule has 2 aromatic carbocycles. The van der Waals surface area contributed by atoms with Gasteiger partial charge in [-0.2, -0.15) is 0 Å². The summed E-state index contributed by atoms with van der Waals surface area (Å²) in [5.41, 5.74) is 3.81. The van der Waals surface area contributed by atoms with Gasteiger partial charge in [-0.15, -0.1) is 0 Å². The van der Waals surface area contributed by atoms with Crippen LogP contribution in [-0.4, -0.2) is 48.0 Å². The normalized spacial score (nSPS) is 21.6. The second-order valence-electron chi connectivity index (χ2n) is 7.98. The average molecular weight is 378 g/mol. The maximum absolute atomic E-state index is 14.0. The molecular formula is C22H23FN4O. The van der Waals surface area contributed by atoms with Gasteiger partial charge in [0.2, 0.25) is 0 Å². The molecule has 2 aliphatic heterocycles. The van der Waals surface area contributed by atoms with E-state index >= 15 is 0 Å². The van der Waals surface area contributed by atoms with E-state index in [0.717, 1.165) is 30.0 Å². The number of aromatic nitrogens is 1. The maximum atomic E-state index is 14.0. The number of fused-ring (bicyclic) bond motifs is 3. The summed E-state index contributed by atoms with van der Waals surface area (Å²) in [4.78, 5) is 20.6. The van der Waals surface area contributed by atoms with Crippen molar-refractivity contribution < 1.29 is 9.18 Å². The zero-order valence-corrected chi connectivity index (χ0v) is 16.0. The van der Waals surface area contributed by atoms with Gasteiger partial charge < -0.3 is 15.2 Å². The molecule has 0 radical (unpaired) electrons. The zero-order chi connectivity index (χ0) is 19.4. The lowest BCUT2D eigenvalue weighted by Crippen LogP contribution is -2.44. The van der Waals surface area contributed by atoms with E-state index in [1.807, 2.05) is 25.1 Å². The number of carbonyl (C=O) groups is 1. The molecule has 144 valence electrons. The molecule has 2 saturated heterocycles. The molecule has 3 aromatic rings. The van der Waals surface area contributed by atoms with Gasteiger partial charge in [0.1, 0.15) is 11.5 Å². The first-order chi connectivity index (χ1) is 13.5. The summed E-state index contributed by atoms with van der Waals surface area (Å²) in [5.74, 6) is -0.596. The molecule has 6 heteroatoms. The molecule has 2 fully saturated rings. The van der Waals surface area contributed by atoms with Gasteiger partial charge in [0.15, 0.2) is 0 Å². The lowest BCUT2D eigenvalue weighted by atomic mass is 10.1. The Hall–Kier alpha value is -2.86. The van der Waals surface area contributed by atoms with Crippen molar-refractivity contribution in [1.82, 2.24) is 9.88 Å². The molecule has 2 N–H and O–H groups in total. The number of likely N-dealkylation sites (tertiary alicyclic amines) is 1. The van der Waals surface area contributed by atoms with Crippen molar-refractivity contribution in [2.75, 3.05) is 30.4 Å². The molecule has 5 rings (SSSR count). The number of aryl methyl sites for hydroxylation is 1. The minimum absolute atomic E-state index is 0.269. The summed E-state index contributed by atoms with van der Waals surface area (Å²) in [6.07, 6.45) is 1.20. The standard InChI is InChI=1S/C22H23FN4O/c1-13-6-7-19(23)18-10-20(25-21(13)18)22(28)24-14-4-3-5-15(8-14)27-12-16-9-17(27)11-26(16)2/h3-8,10,16-17,25H,9,11-12H2,1-2H3,(H,24,28). The smallest absolute Gasteiger partial charge is 0.272 e. The zero-order valence-electron chi connectivity index (χ0n) is 16.0. The number of benzene rings is 2. The fraction of sp³-hybridized carbons (Fsp3) is 0.318. The van der Waals surface area contributed by atoms with Crippen molar-refractivity contribution in [2.24, 2.45) is 0 Å². The average Bonchev–Trinajstić information content (AvgIpc) is 3.39. The monoisotopic (exact) mass is 378 g/mol. The van der Waals surface area contributed by atoms with Crippen molar-refractivity contribution in [3.63, 3.8) is 0 Å². The third-order valence-corrected chi connectivity index (χ3v) is 6.14. The highest BCUT2D eigenvalue weighted by Gasteiger charge is 2.41. The van der Waals surface area contributed by atoms with Crippen LogP contribution in [0, 0.1) is 12.7 Å². The molecule has 1 amide bonds. The van der Waals surface area contributed by atoms with Crippen LogP contribution in [0.5, 0.6) is 0 Å². The van der Waals surface area contributed by atoms with E-state index in [1.54, 1.807) is 12.1 Å². The molecule has 2 unspecified atom stereocenters. The van der Waals surface area contributed by atoms with E-state index in [1.165, 1.54) is 12.5 Å². The Kier molecular flexibility index (Phi) is 3.91. The number of H-pyrrole nitrogens is 1. The van der Waals surface area contributed by atoms with Crippen molar-refractivity contribution in [2.45, 2.75) is 25.4 Å². The van der Waals surface area contributed by atoms with Gasteiger partial charge in [-0.25, -0.2) is 4.39 Å². The second kappa shape index (κ2) is 6.34. The molecule has 0 saturated carbocycles. The largest absolute Gasteiger partial charge is 0.366 e. The predicted octanol–water partition coefficient (Wildman–Crippen LogP) is 3.76. The summed E-state index contributed by atoms with van der Waals surface area (Å²) in [6.45, 7) is 4.00. The minimum Gasteiger partial charge on any atom is -0.366 e. The van der Waals surface area contributed by atoms with Crippen LogP contribution < -0.4 is 10.2 Å². The predicted molar refractivity (Wildman–Crippen MR) is 110 cm³/mol. The van der Waals surface area contributed by atoms with Gasteiger partial charge in [0, 0.05) is 41.9 Å². The lowest BCUT2D eigenvalue weighted by molar-refractivity contribution is 0.102. The quantitative estimate of drug-likeness (QED) is 0.730. The van der Waals surface area contributed by atoms with E-state index in [-0.39, 0.29) is 11.7 Å². The van der Waals surface area contributed by atoms with Gasteiger partial charge in [-0.1, -0.05) is 12.1 Å². The van der Waals surface area contributed by atoms with Crippen LogP contribution in [0.3, 0.4) is 0 Å². The topological polar surface area (TPSA) is 51.4 Å². The van der Waals surface area contributed by atoms with E-state index in [4.69, 9.17) is 0 Å². The van der Waals surface area contributed by atoms with Crippen molar-refractivity contribution in [3.05, 3.63) is 59.5 Å². The summed E-state index contributed by atoms with van der Waals surface area (Å²) in [5, 5.41) is 3.39. The lowest BCUT2D eigenvalue weighted by Gasteiger charge is -2.33. The maximum Gasteiger partial charge on any atom is 0.272 e. The highest BCUT2D eigenvalue weighted by Crippen LogP contribution is 2.34. The second-order valence-corrected chi connectivity index (χ2v) is 7.98. The Bertz CT molecular complexity index is 1030. The number of hydrogen-bond donors (Lipinski definition) is 2. The Morgan fingerprint density at radius 2 is 2.04 bits per heavy atom. The number of aromatic amines is 1. The number of hydrogen-bond acceptors (Lipinski definition) is 3. The van der Waals surface area contributed by atoms with Crippen LogP contribution in [0.2, 0.25) is 0 Å². The number of anilines is 2. The molecule has 2 atom stereocenters. The Morgan fingerprint density at radius 3 is 2.75 bits per heavy atom. The number of amides is 1. The first-order valence-electron chi connectivity index (χ1n) is 9.66. The number of halogens is 1. The Balaban J connectivity index is 1.37. The fourth-order valence-electron chi connectivity index (χ4n) is 4.59. The number of piperazine rings is 1. The molecule has 2 bridgehead atoms. The molecule has 5 nitrogen and oxygen atoms in total. The first-order valence-corrected chi connectivity index (χ1v) is 9.66. The molecule has 0 aliphatic carbocycles. The number of nitrogens with zero attached hydrogens (tertiary/aromatic N) is 2. The number of nitrogens with one attached hydrogen (secondary N) is 2. The van der Waals surface area contributed by atoms with E-state index in [9.17, 15) is 9.18 Å². The summed E-state index contributed by atoms with van der Waals surface area (Å²) in [6, 6.07) is 13.8. The number of likely N-dealkylation sites (N-methyl/N-ethyl adjacent to an activating group) is 1. The van der Waals surface area contributed by atoms with Gasteiger partial charge in [-0.3, -0.25) is 9.69 Å². The number of rotatable bonds is 3. The molecule has 2 aliphatic rings. The third kappa shape index (κ3) is 2.76. The van der Waals surface area contributed by atoms with Crippen molar-refractivity contribution in [3.8, 4) is 0 Å². The van der Waals surface area contributed by atoms with Crippen molar-refractivity contribution in [1.29, 1.82) is 0 Å². The van der Waals surface area contributed by atoms with Crippen LogP contribution in [0.4, 0.5) is 15.8 Å². The molecule has 28 heavy (non-hydrogen) atoms. The van der Waals surface area contributed by atoms with Crippen LogP contribution in [0.1, 0.15) is 22.5 Å². The van der Waals surface area contributed by atoms with E-state index in [0.29, 0.717) is 28.7 Å². The summed E-state index contributed by atoms with van der Waals surface area (Å²) >= 11 is 0. The van der Waals surface area contributed by atoms with Gasteiger partial charge in [0.25, 0.3) is 5.91 Å². The van der Waals surface area contributed by atoms with Crippen LogP contribution in [0.25, 0.3) is 10.9 Å². The fourth-order valence-corrected chi connectivity index (χ4v) is 4.59. The van der Waals surface area contributed by atoms with E-state index in [2.05, 4.69) is 33.2 Å². The Morgan fingerprint density at radius 1 is 1.18 bits per heavy atom. The number of carbonyl (C=O) groups excluding carboxylic acids is 1. The summed E-state index contributed by atoms with van der Waals surface area (Å²) < 4.78 is 14.0. The van der Waals surface area contributed by atoms with Crippen molar-refractivity contribution >= 4 is 28.2 Å². The van der Waals surface area contributed by atoms with Crippen LogP contribution in [0.15, 0.2) is 42.5 Å². The summed E-state index contributed by atoms with van der Waals surface area (Å²) in [7, 11) is 2.18. The molecular weight excluding hydrogens is 355 g/mol. The molecule has 0 spiro atoms. The highest BCUT2D eigenvalue weighted by atomic mass is 19.1. The molecule has 3 heterocycles.